The van der Waals surface area contributed by atoms with Gasteiger partial charge >= 0.3 is 0 Å². The number of thioether (sulfide) groups is 1. The van der Waals surface area contributed by atoms with Gasteiger partial charge in [0.2, 0.25) is 16.7 Å². The average molecular weight is 490 g/mol. The molecule has 0 radical (unpaired) electrons. The molecule has 0 bridgehead atoms. The third kappa shape index (κ3) is 3.77. The Morgan fingerprint density at radius 3 is 2.31 bits per heavy atom. The zero-order chi connectivity index (χ0) is 24.6. The molecule has 9 heteroatoms. The van der Waals surface area contributed by atoms with Gasteiger partial charge < -0.3 is 14.8 Å². The van der Waals surface area contributed by atoms with Crippen LogP contribution in [0.5, 0.6) is 11.5 Å². The number of para-hydroxylation sites is 2. The molecule has 35 heavy (non-hydrogen) atoms. The lowest BCUT2D eigenvalue weighted by atomic mass is 10.0. The quantitative estimate of drug-likeness (QED) is 0.569. The van der Waals surface area contributed by atoms with Crippen molar-refractivity contribution in [2.45, 2.75) is 4.87 Å². The van der Waals surface area contributed by atoms with Crippen molar-refractivity contribution >= 4 is 46.5 Å². The fourth-order valence-electron chi connectivity index (χ4n) is 4.51. The molecule has 2 aliphatic rings. The molecule has 178 valence electrons. The van der Waals surface area contributed by atoms with E-state index in [2.05, 4.69) is 5.32 Å². The Kier molecular flexibility index (Phi) is 5.86. The van der Waals surface area contributed by atoms with Gasteiger partial charge in [0.1, 0.15) is 18.0 Å². The van der Waals surface area contributed by atoms with E-state index in [4.69, 9.17) is 9.47 Å². The van der Waals surface area contributed by atoms with Crippen molar-refractivity contribution in [1.82, 2.24) is 0 Å². The van der Waals surface area contributed by atoms with Crippen molar-refractivity contribution in [3.05, 3.63) is 78.4 Å². The molecular formula is C26H23N3O5S. The highest BCUT2D eigenvalue weighted by Gasteiger charge is 2.61. The summed E-state index contributed by atoms with van der Waals surface area (Å²) in [4.78, 5) is 41.8. The van der Waals surface area contributed by atoms with Gasteiger partial charge in [-0.3, -0.25) is 24.2 Å². The van der Waals surface area contributed by atoms with Crippen molar-refractivity contribution < 1.29 is 23.9 Å². The molecule has 0 unspecified atom stereocenters. The van der Waals surface area contributed by atoms with Gasteiger partial charge in [-0.15, -0.1) is 11.8 Å². The summed E-state index contributed by atoms with van der Waals surface area (Å²) in [5.41, 5.74) is 2.43. The van der Waals surface area contributed by atoms with Crippen LogP contribution in [0.2, 0.25) is 0 Å². The number of hydrogen-bond donors (Lipinski definition) is 1. The maximum absolute atomic E-state index is 14.0. The van der Waals surface area contributed by atoms with Crippen molar-refractivity contribution in [2.24, 2.45) is 0 Å². The van der Waals surface area contributed by atoms with Crippen LogP contribution < -0.4 is 24.6 Å². The molecule has 5 rings (SSSR count). The summed E-state index contributed by atoms with van der Waals surface area (Å²) in [6.07, 6.45) is 0. The van der Waals surface area contributed by atoms with Gasteiger partial charge in [0, 0.05) is 35.1 Å². The second kappa shape index (κ2) is 8.99. The molecule has 1 spiro atoms. The number of benzene rings is 3. The van der Waals surface area contributed by atoms with Gasteiger partial charge in [0.25, 0.3) is 5.91 Å². The highest BCUT2D eigenvalue weighted by Crippen LogP contribution is 2.55. The minimum atomic E-state index is -1.26. The normalized spacial score (nSPS) is 18.7. The molecule has 1 fully saturated rings. The summed E-state index contributed by atoms with van der Waals surface area (Å²) in [5.74, 6) is 0.358. The Morgan fingerprint density at radius 2 is 1.63 bits per heavy atom. The zero-order valence-corrected chi connectivity index (χ0v) is 20.0. The number of carbonyl (C=O) groups excluding carboxylic acids is 3. The first kappa shape index (κ1) is 22.8. The Balaban J connectivity index is 1.48. The van der Waals surface area contributed by atoms with Crippen molar-refractivity contribution in [1.29, 1.82) is 0 Å². The predicted molar refractivity (Wildman–Crippen MR) is 135 cm³/mol. The van der Waals surface area contributed by atoms with Gasteiger partial charge in [-0.05, 0) is 18.2 Å². The minimum absolute atomic E-state index is 0.154. The van der Waals surface area contributed by atoms with E-state index in [0.29, 0.717) is 34.1 Å². The lowest BCUT2D eigenvalue weighted by Gasteiger charge is -2.33. The number of anilines is 3. The molecule has 8 nitrogen and oxygen atoms in total. The summed E-state index contributed by atoms with van der Waals surface area (Å²) in [6.45, 7) is -0.214. The van der Waals surface area contributed by atoms with E-state index in [1.165, 1.54) is 30.9 Å². The Labute approximate surface area is 206 Å². The molecule has 2 aliphatic heterocycles. The van der Waals surface area contributed by atoms with Crippen LogP contribution in [0.3, 0.4) is 0 Å². The van der Waals surface area contributed by atoms with Crippen molar-refractivity contribution in [3.63, 3.8) is 0 Å². The van der Waals surface area contributed by atoms with Crippen LogP contribution in [-0.4, -0.2) is 44.2 Å². The number of amides is 3. The highest BCUT2D eigenvalue weighted by molar-refractivity contribution is 8.02. The van der Waals surface area contributed by atoms with Crippen LogP contribution >= 0.6 is 11.8 Å². The largest absolute Gasteiger partial charge is 0.497 e. The molecule has 3 amide bonds. The van der Waals surface area contributed by atoms with E-state index in [9.17, 15) is 14.4 Å². The molecule has 2 heterocycles. The number of hydrogen-bond acceptors (Lipinski definition) is 6. The number of ether oxygens (including phenoxy) is 2. The molecule has 0 aliphatic carbocycles. The van der Waals surface area contributed by atoms with Gasteiger partial charge in [-0.2, -0.15) is 0 Å². The fraction of sp³-hybridized carbons (Fsp3) is 0.192. The topological polar surface area (TPSA) is 88.2 Å². The number of rotatable bonds is 6. The SMILES string of the molecule is COc1cc(NC(=O)CN2C(=O)[C@@]3(SCC(=O)N3c3ccccc3)c3ccccc32)cc(OC)c1. The number of fused-ring (bicyclic) bond motifs is 2. The molecule has 3 aromatic carbocycles. The summed E-state index contributed by atoms with van der Waals surface area (Å²) in [6, 6.07) is 21.5. The number of nitrogens with one attached hydrogen (secondary N) is 1. The maximum atomic E-state index is 14.0. The number of nitrogens with zero attached hydrogens (tertiary/aromatic N) is 2. The summed E-state index contributed by atoms with van der Waals surface area (Å²) in [5, 5.41) is 2.82. The van der Waals surface area contributed by atoms with E-state index < -0.39 is 4.87 Å². The lowest BCUT2D eigenvalue weighted by Crippen LogP contribution is -2.50. The van der Waals surface area contributed by atoms with Crippen molar-refractivity contribution in [2.75, 3.05) is 41.6 Å². The van der Waals surface area contributed by atoms with Gasteiger partial charge in [0.05, 0.1) is 25.7 Å². The first-order valence-corrected chi connectivity index (χ1v) is 11.9. The molecule has 3 aromatic rings. The van der Waals surface area contributed by atoms with Crippen LogP contribution in [0.25, 0.3) is 0 Å². The smallest absolute Gasteiger partial charge is 0.269 e. The van der Waals surface area contributed by atoms with Crippen LogP contribution in [0.4, 0.5) is 17.1 Å². The fourth-order valence-corrected chi connectivity index (χ4v) is 5.87. The monoisotopic (exact) mass is 489 g/mol. The number of carbonyl (C=O) groups is 3. The zero-order valence-electron chi connectivity index (χ0n) is 19.2. The van der Waals surface area contributed by atoms with Crippen LogP contribution in [0, 0.1) is 0 Å². The Morgan fingerprint density at radius 1 is 0.971 bits per heavy atom. The van der Waals surface area contributed by atoms with Crippen LogP contribution in [0.1, 0.15) is 5.56 Å². The predicted octanol–water partition coefficient (Wildman–Crippen LogP) is 3.62. The summed E-state index contributed by atoms with van der Waals surface area (Å²) in [7, 11) is 3.05. The standard InChI is InChI=1S/C26H23N3O5S/c1-33-19-12-17(13-20(14-19)34-2)27-23(30)15-28-22-11-7-6-10-21(22)26(25(28)32)29(24(31)16-35-26)18-8-4-3-5-9-18/h3-14H,15-16H2,1-2H3,(H,27,30)/t26-/m0/s1. The molecular weight excluding hydrogens is 466 g/mol. The van der Waals surface area contributed by atoms with E-state index >= 15 is 0 Å². The van der Waals surface area contributed by atoms with E-state index in [1.54, 1.807) is 29.2 Å². The summed E-state index contributed by atoms with van der Waals surface area (Å²) >= 11 is 1.28. The van der Waals surface area contributed by atoms with E-state index in [-0.39, 0.29) is 30.0 Å². The summed E-state index contributed by atoms with van der Waals surface area (Å²) < 4.78 is 10.5. The van der Waals surface area contributed by atoms with Crippen LogP contribution in [0.15, 0.2) is 72.8 Å². The maximum Gasteiger partial charge on any atom is 0.269 e. The third-order valence-corrected chi connectivity index (χ3v) is 7.40. The Bertz CT molecular complexity index is 1290. The lowest BCUT2D eigenvalue weighted by molar-refractivity contribution is -0.124. The average Bonchev–Trinajstić information content (AvgIpc) is 3.35. The van der Waals surface area contributed by atoms with E-state index in [0.717, 1.165) is 0 Å². The van der Waals surface area contributed by atoms with Gasteiger partial charge in [-0.25, -0.2) is 0 Å². The first-order valence-electron chi connectivity index (χ1n) is 10.9. The number of methoxy groups -OCH3 is 2. The first-order chi connectivity index (χ1) is 17.0. The molecule has 1 saturated heterocycles. The molecule has 1 atom stereocenters. The Hall–Kier alpha value is -3.98. The van der Waals surface area contributed by atoms with Gasteiger partial charge in [0.15, 0.2) is 0 Å². The second-order valence-electron chi connectivity index (χ2n) is 8.06. The van der Waals surface area contributed by atoms with Crippen molar-refractivity contribution in [3.8, 4) is 11.5 Å². The third-order valence-electron chi connectivity index (χ3n) is 6.02. The van der Waals surface area contributed by atoms with Crippen LogP contribution in [-0.2, 0) is 19.3 Å². The molecule has 1 N–H and O–H groups in total. The molecule has 0 saturated carbocycles. The van der Waals surface area contributed by atoms with E-state index in [1.807, 2.05) is 48.5 Å². The molecule has 0 aromatic heterocycles. The van der Waals surface area contributed by atoms with Gasteiger partial charge in [-0.1, -0.05) is 36.4 Å². The second-order valence-corrected chi connectivity index (χ2v) is 9.22. The minimum Gasteiger partial charge on any atom is -0.497 e. The highest BCUT2D eigenvalue weighted by atomic mass is 32.2.